The number of carbonyl (C=O) groups is 1. The molecule has 0 fully saturated rings. The Balaban J connectivity index is 1.45. The van der Waals surface area contributed by atoms with E-state index >= 15 is 0 Å². The van der Waals surface area contributed by atoms with E-state index in [0.29, 0.717) is 11.0 Å². The fourth-order valence-corrected chi connectivity index (χ4v) is 4.25. The summed E-state index contributed by atoms with van der Waals surface area (Å²) in [4.78, 5) is 12.5. The maximum Gasteiger partial charge on any atom is 0.250 e. The van der Waals surface area contributed by atoms with Gasteiger partial charge in [0.1, 0.15) is 5.75 Å². The molecule has 1 aromatic heterocycles. The molecule has 0 spiro atoms. The summed E-state index contributed by atoms with van der Waals surface area (Å²) < 4.78 is 7.21. The zero-order chi connectivity index (χ0) is 25.5. The molecule has 0 aliphatic rings. The number of carbonyl (C=O) groups excluding carboxylic acids is 1. The van der Waals surface area contributed by atoms with E-state index in [1.807, 2.05) is 71.3 Å². The Kier molecular flexibility index (Phi) is 7.85. The van der Waals surface area contributed by atoms with Gasteiger partial charge in [0.25, 0.3) is 5.91 Å². The predicted molar refractivity (Wildman–Crippen MR) is 145 cm³/mol. The van der Waals surface area contributed by atoms with E-state index in [1.54, 1.807) is 13.3 Å². The number of aromatic nitrogens is 3. The molecule has 184 valence electrons. The largest absolute Gasteiger partial charge is 0.497 e. The lowest BCUT2D eigenvalue weighted by molar-refractivity contribution is -0.118. The van der Waals surface area contributed by atoms with Crippen molar-refractivity contribution in [2.24, 2.45) is 5.10 Å². The van der Waals surface area contributed by atoms with Crippen LogP contribution in [0.5, 0.6) is 5.75 Å². The first-order valence-corrected chi connectivity index (χ1v) is 12.5. The first-order valence-electron chi connectivity index (χ1n) is 11.6. The van der Waals surface area contributed by atoms with Gasteiger partial charge >= 0.3 is 0 Å². The number of para-hydroxylation sites is 1. The molecule has 0 atom stereocenters. The Bertz CT molecular complexity index is 1330. The van der Waals surface area contributed by atoms with Crippen LogP contribution in [0.1, 0.15) is 31.9 Å². The first-order chi connectivity index (χ1) is 17.3. The molecule has 4 aromatic rings. The third-order valence-corrected chi connectivity index (χ3v) is 6.44. The zero-order valence-corrected chi connectivity index (χ0v) is 21.6. The Morgan fingerprint density at radius 3 is 2.33 bits per heavy atom. The van der Waals surface area contributed by atoms with Crippen LogP contribution in [0.25, 0.3) is 17.1 Å². The number of methoxy groups -OCH3 is 1. The first kappa shape index (κ1) is 25.2. The molecule has 4 rings (SSSR count). The molecule has 1 heterocycles. The van der Waals surface area contributed by atoms with Crippen molar-refractivity contribution in [2.45, 2.75) is 31.3 Å². The molecule has 1 amide bonds. The van der Waals surface area contributed by atoms with Gasteiger partial charge in [-0.1, -0.05) is 75.0 Å². The monoisotopic (exact) mass is 499 g/mol. The van der Waals surface area contributed by atoms with Crippen molar-refractivity contribution in [3.05, 3.63) is 90.0 Å². The number of nitrogens with one attached hydrogen (secondary N) is 1. The van der Waals surface area contributed by atoms with Crippen LogP contribution < -0.4 is 10.2 Å². The fraction of sp³-hybridized carbons (Fsp3) is 0.214. The molecule has 1 N–H and O–H groups in total. The SMILES string of the molecule is COc1ccc(-c2nnc(SCC(=O)N/N=C\c3ccc(C(C)(C)C)cc3)n2-c2ccccc2)cc1. The number of benzene rings is 3. The lowest BCUT2D eigenvalue weighted by Gasteiger charge is -2.18. The van der Waals surface area contributed by atoms with Gasteiger partial charge in [-0.05, 0) is 52.9 Å². The third-order valence-electron chi connectivity index (χ3n) is 5.51. The van der Waals surface area contributed by atoms with Gasteiger partial charge in [-0.3, -0.25) is 9.36 Å². The lowest BCUT2D eigenvalue weighted by atomic mass is 9.87. The quantitative estimate of drug-likeness (QED) is 0.197. The molecule has 3 aromatic carbocycles. The van der Waals surface area contributed by atoms with Crippen LogP contribution in [0.2, 0.25) is 0 Å². The van der Waals surface area contributed by atoms with Crippen LogP contribution >= 0.6 is 11.8 Å². The minimum Gasteiger partial charge on any atom is -0.497 e. The van der Waals surface area contributed by atoms with Crippen molar-refractivity contribution < 1.29 is 9.53 Å². The van der Waals surface area contributed by atoms with Gasteiger partial charge in [0.05, 0.1) is 19.1 Å². The Morgan fingerprint density at radius 1 is 1.00 bits per heavy atom. The molecule has 7 nitrogen and oxygen atoms in total. The summed E-state index contributed by atoms with van der Waals surface area (Å²) in [5.41, 5.74) is 6.66. The summed E-state index contributed by atoms with van der Waals surface area (Å²) in [5.74, 6) is 1.37. The number of amides is 1. The number of ether oxygens (including phenoxy) is 1. The summed E-state index contributed by atoms with van der Waals surface area (Å²) in [6.07, 6.45) is 1.64. The fourth-order valence-electron chi connectivity index (χ4n) is 3.51. The molecule has 36 heavy (non-hydrogen) atoms. The molecular formula is C28H29N5O2S. The highest BCUT2D eigenvalue weighted by Gasteiger charge is 2.17. The third kappa shape index (κ3) is 6.20. The predicted octanol–water partition coefficient (Wildman–Crippen LogP) is 5.48. The average molecular weight is 500 g/mol. The second kappa shape index (κ2) is 11.2. The van der Waals surface area contributed by atoms with Gasteiger partial charge in [0.15, 0.2) is 11.0 Å². The maximum absolute atomic E-state index is 12.5. The second-order valence-corrected chi connectivity index (χ2v) is 10.1. The number of nitrogens with zero attached hydrogens (tertiary/aromatic N) is 4. The number of hydrogen-bond donors (Lipinski definition) is 1. The van der Waals surface area contributed by atoms with Gasteiger partial charge in [-0.15, -0.1) is 10.2 Å². The van der Waals surface area contributed by atoms with Crippen LogP contribution in [0, 0.1) is 0 Å². The van der Waals surface area contributed by atoms with Crippen molar-refractivity contribution in [3.63, 3.8) is 0 Å². The summed E-state index contributed by atoms with van der Waals surface area (Å²) in [6.45, 7) is 6.52. The van der Waals surface area contributed by atoms with Crippen LogP contribution in [-0.4, -0.2) is 39.7 Å². The minimum absolute atomic E-state index is 0.0919. The standard InChI is InChI=1S/C28H29N5O2S/c1-28(2,3)22-14-10-20(11-15-22)18-29-30-25(34)19-36-27-32-31-26(21-12-16-24(35-4)17-13-21)33(27)23-8-6-5-7-9-23/h5-18H,19H2,1-4H3,(H,30,34)/b29-18-. The summed E-state index contributed by atoms with van der Waals surface area (Å²) in [6, 6.07) is 25.6. The van der Waals surface area contributed by atoms with Gasteiger partial charge < -0.3 is 4.74 Å². The van der Waals surface area contributed by atoms with Crippen molar-refractivity contribution >= 4 is 23.9 Å². The number of hydrazone groups is 1. The van der Waals surface area contributed by atoms with Crippen molar-refractivity contribution in [3.8, 4) is 22.8 Å². The minimum atomic E-state index is -0.226. The summed E-state index contributed by atoms with van der Waals surface area (Å²) in [7, 11) is 1.63. The molecule has 0 unspecified atom stereocenters. The smallest absolute Gasteiger partial charge is 0.250 e. The Labute approximate surface area is 215 Å². The topological polar surface area (TPSA) is 81.4 Å². The van der Waals surface area contributed by atoms with Crippen LogP contribution in [0.4, 0.5) is 0 Å². The lowest BCUT2D eigenvalue weighted by Crippen LogP contribution is -2.20. The molecule has 0 radical (unpaired) electrons. The molecule has 0 aliphatic heterocycles. The zero-order valence-electron chi connectivity index (χ0n) is 20.8. The van der Waals surface area contributed by atoms with Gasteiger partial charge in [-0.2, -0.15) is 5.10 Å². The van der Waals surface area contributed by atoms with Crippen molar-refractivity contribution in [1.29, 1.82) is 0 Å². The highest BCUT2D eigenvalue weighted by molar-refractivity contribution is 7.99. The van der Waals surface area contributed by atoms with E-state index < -0.39 is 0 Å². The van der Waals surface area contributed by atoms with E-state index in [0.717, 1.165) is 22.6 Å². The molecular weight excluding hydrogens is 470 g/mol. The highest BCUT2D eigenvalue weighted by atomic mass is 32.2. The number of thioether (sulfide) groups is 1. The van der Waals surface area contributed by atoms with E-state index in [9.17, 15) is 4.79 Å². The van der Waals surface area contributed by atoms with E-state index in [2.05, 4.69) is 53.6 Å². The Hall–Kier alpha value is -3.91. The number of hydrogen-bond acceptors (Lipinski definition) is 6. The van der Waals surface area contributed by atoms with E-state index in [4.69, 9.17) is 4.74 Å². The van der Waals surface area contributed by atoms with Crippen LogP contribution in [0.15, 0.2) is 89.1 Å². The van der Waals surface area contributed by atoms with Gasteiger partial charge in [0.2, 0.25) is 0 Å². The van der Waals surface area contributed by atoms with Crippen molar-refractivity contribution in [1.82, 2.24) is 20.2 Å². The van der Waals surface area contributed by atoms with E-state index in [-0.39, 0.29) is 17.1 Å². The molecule has 0 saturated heterocycles. The number of rotatable bonds is 8. The second-order valence-electron chi connectivity index (χ2n) is 9.16. The molecule has 8 heteroatoms. The van der Waals surface area contributed by atoms with Gasteiger partial charge in [-0.25, -0.2) is 5.43 Å². The van der Waals surface area contributed by atoms with Gasteiger partial charge in [0, 0.05) is 11.3 Å². The normalized spacial score (nSPS) is 11.6. The highest BCUT2D eigenvalue weighted by Crippen LogP contribution is 2.29. The summed E-state index contributed by atoms with van der Waals surface area (Å²) >= 11 is 1.30. The van der Waals surface area contributed by atoms with Crippen LogP contribution in [0.3, 0.4) is 0 Å². The van der Waals surface area contributed by atoms with Crippen molar-refractivity contribution in [2.75, 3.05) is 12.9 Å². The molecule has 0 saturated carbocycles. The molecule has 0 bridgehead atoms. The molecule has 0 aliphatic carbocycles. The van der Waals surface area contributed by atoms with Crippen LogP contribution in [-0.2, 0) is 10.2 Å². The summed E-state index contributed by atoms with van der Waals surface area (Å²) in [5, 5.41) is 13.5. The average Bonchev–Trinajstić information content (AvgIpc) is 3.32. The Morgan fingerprint density at radius 2 is 1.69 bits per heavy atom. The van der Waals surface area contributed by atoms with E-state index in [1.165, 1.54) is 17.3 Å². The maximum atomic E-state index is 12.5.